The quantitative estimate of drug-likeness (QED) is 0.400. The molecule has 0 fully saturated rings. The number of nitrogens with zero attached hydrogens (tertiary/aromatic N) is 4. The topological polar surface area (TPSA) is 94.1 Å². The minimum Gasteiger partial charge on any atom is -0.335 e. The van der Waals surface area contributed by atoms with Crippen LogP contribution in [0.2, 0.25) is 0 Å². The second kappa shape index (κ2) is 9.33. The highest BCUT2D eigenvalue weighted by molar-refractivity contribution is 7.99. The van der Waals surface area contributed by atoms with Crippen molar-refractivity contribution in [3.05, 3.63) is 59.7 Å². The molecule has 3 rings (SSSR count). The molecule has 2 aromatic carbocycles. The smallest absolute Gasteiger partial charge is 0.243 e. The van der Waals surface area contributed by atoms with E-state index >= 15 is 0 Å². The molecule has 3 aromatic rings. The Morgan fingerprint density at radius 3 is 2.45 bits per heavy atom. The monoisotopic (exact) mass is 467 g/mol. The lowest BCUT2D eigenvalue weighted by Crippen LogP contribution is -2.30. The minimum absolute atomic E-state index is 0.140. The molecule has 0 aliphatic heterocycles. The first-order chi connectivity index (χ1) is 14.7. The summed E-state index contributed by atoms with van der Waals surface area (Å²) in [4.78, 5) is 0.140. The number of halogens is 2. The molecule has 0 radical (unpaired) electrons. The van der Waals surface area contributed by atoms with Gasteiger partial charge in [-0.2, -0.15) is 4.31 Å². The summed E-state index contributed by atoms with van der Waals surface area (Å²) < 4.78 is 55.0. The number of sulfonamides is 1. The van der Waals surface area contributed by atoms with Crippen LogP contribution < -0.4 is 5.84 Å². The number of rotatable bonds is 8. The fourth-order valence-electron chi connectivity index (χ4n) is 3.05. The van der Waals surface area contributed by atoms with Crippen molar-refractivity contribution >= 4 is 21.8 Å². The lowest BCUT2D eigenvalue weighted by Gasteiger charge is -2.18. The molecule has 11 heteroatoms. The normalized spacial score (nSPS) is 13.0. The van der Waals surface area contributed by atoms with Crippen molar-refractivity contribution in [1.29, 1.82) is 0 Å². The van der Waals surface area contributed by atoms with E-state index in [1.54, 1.807) is 26.0 Å². The maximum absolute atomic E-state index is 13.5. The molecular weight excluding hydrogens is 444 g/mol. The molecule has 0 saturated carbocycles. The van der Waals surface area contributed by atoms with Crippen LogP contribution in [0.25, 0.3) is 11.4 Å². The van der Waals surface area contributed by atoms with Gasteiger partial charge in [-0.3, -0.25) is 0 Å². The summed E-state index contributed by atoms with van der Waals surface area (Å²) in [6, 6.07) is 10.0. The Morgan fingerprint density at radius 1 is 1.10 bits per heavy atom. The van der Waals surface area contributed by atoms with Crippen molar-refractivity contribution < 1.29 is 17.2 Å². The number of aromatic nitrogens is 3. The Balaban J connectivity index is 1.89. The first kappa shape index (κ1) is 23.2. The van der Waals surface area contributed by atoms with Crippen molar-refractivity contribution in [2.24, 2.45) is 0 Å². The molecule has 1 heterocycles. The molecule has 0 bridgehead atoms. The van der Waals surface area contributed by atoms with Crippen molar-refractivity contribution in [3.63, 3.8) is 0 Å². The van der Waals surface area contributed by atoms with Gasteiger partial charge in [0, 0.05) is 23.9 Å². The van der Waals surface area contributed by atoms with Gasteiger partial charge >= 0.3 is 0 Å². The molecule has 0 amide bonds. The van der Waals surface area contributed by atoms with Crippen LogP contribution in [0.4, 0.5) is 8.78 Å². The van der Waals surface area contributed by atoms with Crippen molar-refractivity contribution in [1.82, 2.24) is 19.2 Å². The van der Waals surface area contributed by atoms with E-state index in [2.05, 4.69) is 10.2 Å². The highest BCUT2D eigenvalue weighted by atomic mass is 32.2. The van der Waals surface area contributed by atoms with E-state index in [0.29, 0.717) is 29.4 Å². The molecule has 2 N–H and O–H groups in total. The molecule has 166 valence electrons. The van der Waals surface area contributed by atoms with Crippen LogP contribution >= 0.6 is 11.8 Å². The van der Waals surface area contributed by atoms with Gasteiger partial charge in [0.1, 0.15) is 0 Å². The molecular formula is C20H23F2N5O2S2. The third-order valence-corrected chi connectivity index (χ3v) is 7.96. The van der Waals surface area contributed by atoms with Crippen LogP contribution in [0.1, 0.15) is 31.6 Å². The third-order valence-electron chi connectivity index (χ3n) is 4.80. The standard InChI is InChI=1S/C20H23F2N5O2S2/c1-4-26(5-2)31(28,29)16-8-6-7-15(11-16)19-24-25-20(27(19)23)30-13(3)14-9-10-17(21)18(22)12-14/h6-13H,4-5,23H2,1-3H3. The zero-order valence-electron chi connectivity index (χ0n) is 17.3. The summed E-state index contributed by atoms with van der Waals surface area (Å²) in [5, 5.41) is 8.25. The van der Waals surface area contributed by atoms with Crippen LogP contribution in [0.3, 0.4) is 0 Å². The van der Waals surface area contributed by atoms with E-state index in [1.165, 1.54) is 38.9 Å². The number of benzene rings is 2. The zero-order valence-corrected chi connectivity index (χ0v) is 18.9. The fraction of sp³-hybridized carbons (Fsp3) is 0.300. The first-order valence-electron chi connectivity index (χ1n) is 9.61. The Kier molecular flexibility index (Phi) is 6.97. The van der Waals surface area contributed by atoms with Gasteiger partial charge in [0.15, 0.2) is 17.5 Å². The highest BCUT2D eigenvalue weighted by Crippen LogP contribution is 2.35. The fourth-order valence-corrected chi connectivity index (χ4v) is 5.45. The van der Waals surface area contributed by atoms with E-state index in [4.69, 9.17) is 5.84 Å². The molecule has 1 unspecified atom stereocenters. The predicted octanol–water partition coefficient (Wildman–Crippen LogP) is 3.82. The SMILES string of the molecule is CCN(CC)S(=O)(=O)c1cccc(-c2nnc(SC(C)c3ccc(F)c(F)c3)n2N)c1. The Morgan fingerprint density at radius 2 is 1.81 bits per heavy atom. The van der Waals surface area contributed by atoms with Gasteiger partial charge in [-0.15, -0.1) is 10.2 Å². The van der Waals surface area contributed by atoms with Gasteiger partial charge in [0.2, 0.25) is 15.2 Å². The van der Waals surface area contributed by atoms with Crippen molar-refractivity contribution in [2.75, 3.05) is 18.9 Å². The maximum atomic E-state index is 13.5. The van der Waals surface area contributed by atoms with E-state index in [1.807, 2.05) is 6.92 Å². The summed E-state index contributed by atoms with van der Waals surface area (Å²) in [7, 11) is -3.64. The van der Waals surface area contributed by atoms with Crippen LogP contribution in [0, 0.1) is 11.6 Å². The third kappa shape index (κ3) is 4.73. The molecule has 0 spiro atoms. The molecule has 31 heavy (non-hydrogen) atoms. The highest BCUT2D eigenvalue weighted by Gasteiger charge is 2.23. The zero-order chi connectivity index (χ0) is 22.8. The van der Waals surface area contributed by atoms with E-state index < -0.39 is 21.7 Å². The molecule has 0 saturated heterocycles. The number of nitrogen functional groups attached to an aromatic ring is 1. The second-order valence-electron chi connectivity index (χ2n) is 6.73. The Labute approximate surface area is 184 Å². The summed E-state index contributed by atoms with van der Waals surface area (Å²) >= 11 is 1.22. The molecule has 7 nitrogen and oxygen atoms in total. The Hall–Kier alpha value is -2.50. The van der Waals surface area contributed by atoms with E-state index in [9.17, 15) is 17.2 Å². The largest absolute Gasteiger partial charge is 0.335 e. The van der Waals surface area contributed by atoms with Crippen LogP contribution in [-0.4, -0.2) is 40.7 Å². The summed E-state index contributed by atoms with van der Waals surface area (Å²) in [5.41, 5.74) is 1.07. The van der Waals surface area contributed by atoms with Crippen molar-refractivity contribution in [3.8, 4) is 11.4 Å². The van der Waals surface area contributed by atoms with Gasteiger partial charge in [0.05, 0.1) is 4.90 Å². The van der Waals surface area contributed by atoms with E-state index in [-0.39, 0.29) is 16.0 Å². The van der Waals surface area contributed by atoms with E-state index in [0.717, 1.165) is 12.1 Å². The average molecular weight is 468 g/mol. The van der Waals surface area contributed by atoms with Crippen molar-refractivity contribution in [2.45, 2.75) is 36.1 Å². The number of hydrogen-bond acceptors (Lipinski definition) is 6. The van der Waals surface area contributed by atoms with Crippen LogP contribution in [0.5, 0.6) is 0 Å². The molecule has 0 aliphatic carbocycles. The second-order valence-corrected chi connectivity index (χ2v) is 9.97. The number of hydrogen-bond donors (Lipinski definition) is 1. The number of nitrogens with two attached hydrogens (primary N) is 1. The molecule has 1 atom stereocenters. The van der Waals surface area contributed by atoms with Gasteiger partial charge in [-0.05, 0) is 36.8 Å². The van der Waals surface area contributed by atoms with Gasteiger partial charge in [-0.25, -0.2) is 21.9 Å². The lowest BCUT2D eigenvalue weighted by molar-refractivity contribution is 0.445. The molecule has 1 aromatic heterocycles. The summed E-state index contributed by atoms with van der Waals surface area (Å²) in [6.45, 7) is 6.08. The average Bonchev–Trinajstić information content (AvgIpc) is 3.11. The minimum atomic E-state index is -3.64. The van der Waals surface area contributed by atoms with Gasteiger partial charge < -0.3 is 5.84 Å². The van der Waals surface area contributed by atoms with Crippen LogP contribution in [-0.2, 0) is 10.0 Å². The van der Waals surface area contributed by atoms with Gasteiger partial charge in [-0.1, -0.05) is 43.8 Å². The lowest BCUT2D eigenvalue weighted by atomic mass is 10.1. The Bertz CT molecular complexity index is 1180. The van der Waals surface area contributed by atoms with Crippen LogP contribution in [0.15, 0.2) is 52.5 Å². The maximum Gasteiger partial charge on any atom is 0.243 e. The number of thioether (sulfide) groups is 1. The molecule has 0 aliphatic rings. The van der Waals surface area contributed by atoms with Gasteiger partial charge in [0.25, 0.3) is 0 Å². The first-order valence-corrected chi connectivity index (χ1v) is 11.9. The predicted molar refractivity (Wildman–Crippen MR) is 116 cm³/mol. The summed E-state index contributed by atoms with van der Waals surface area (Å²) in [5.74, 6) is 4.62. The summed E-state index contributed by atoms with van der Waals surface area (Å²) in [6.07, 6.45) is 0.